The van der Waals surface area contributed by atoms with Gasteiger partial charge in [-0.25, -0.2) is 0 Å². The molecule has 1 rings (SSSR count). The number of halogens is 3. The van der Waals surface area contributed by atoms with Crippen LogP contribution in [-0.2, 0) is 0 Å². The molecule has 108 valence electrons. The third-order valence-corrected chi connectivity index (χ3v) is 3.36. The first-order valence-corrected chi connectivity index (χ1v) is 7.06. The minimum atomic E-state index is -4.19. The fraction of sp³-hybridized carbons (Fsp3) is 0.538. The summed E-state index contributed by atoms with van der Waals surface area (Å²) in [6, 6.07) is 7.57. The summed E-state index contributed by atoms with van der Waals surface area (Å²) in [6.07, 6.45) is 0.883. The smallest absolute Gasteiger partial charge is 0.441 e. The molecule has 1 atom stereocenters. The van der Waals surface area contributed by atoms with E-state index in [1.165, 1.54) is 0 Å². The number of rotatable bonds is 7. The first kappa shape index (κ1) is 16.2. The van der Waals surface area contributed by atoms with Gasteiger partial charge in [0.1, 0.15) is 5.75 Å². The van der Waals surface area contributed by atoms with E-state index in [0.717, 1.165) is 12.0 Å². The Morgan fingerprint density at radius 1 is 1.32 bits per heavy atom. The topological polar surface area (TPSA) is 21.3 Å². The van der Waals surface area contributed by atoms with E-state index < -0.39 is 5.51 Å². The van der Waals surface area contributed by atoms with E-state index in [1.54, 1.807) is 6.07 Å². The summed E-state index contributed by atoms with van der Waals surface area (Å²) in [7, 11) is 1.85. The zero-order valence-electron chi connectivity index (χ0n) is 11.0. The second-order valence-electron chi connectivity index (χ2n) is 3.93. The second kappa shape index (κ2) is 7.65. The molecule has 0 amide bonds. The number of benzene rings is 1. The summed E-state index contributed by atoms with van der Waals surface area (Å²) >= 11 is -0.0620. The van der Waals surface area contributed by atoms with Crippen molar-refractivity contribution in [2.45, 2.75) is 24.9 Å². The quantitative estimate of drug-likeness (QED) is 0.768. The Bertz CT molecular complexity index is 380. The molecular formula is C13H18F3NOS. The average Bonchev–Trinajstić information content (AvgIpc) is 2.36. The molecule has 1 unspecified atom stereocenters. The summed E-state index contributed by atoms with van der Waals surface area (Å²) < 4.78 is 41.4. The van der Waals surface area contributed by atoms with E-state index in [2.05, 4.69) is 5.32 Å². The molecule has 0 spiro atoms. The molecule has 0 fully saturated rings. The highest BCUT2D eigenvalue weighted by molar-refractivity contribution is 8.00. The monoisotopic (exact) mass is 293 g/mol. The van der Waals surface area contributed by atoms with Crippen LogP contribution in [0.15, 0.2) is 24.3 Å². The molecule has 2 nitrogen and oxygen atoms in total. The van der Waals surface area contributed by atoms with E-state index in [9.17, 15) is 13.2 Å². The SMILES string of the molecule is CCC(NC)c1ccccc1OCCSC(F)(F)F. The lowest BCUT2D eigenvalue weighted by atomic mass is 10.0. The van der Waals surface area contributed by atoms with Gasteiger partial charge in [0.05, 0.1) is 6.61 Å². The number of nitrogens with one attached hydrogen (secondary N) is 1. The molecule has 0 bridgehead atoms. The molecule has 0 aliphatic rings. The fourth-order valence-corrected chi connectivity index (χ4v) is 2.19. The van der Waals surface area contributed by atoms with Gasteiger partial charge in [-0.15, -0.1) is 0 Å². The molecule has 0 saturated heterocycles. The zero-order valence-corrected chi connectivity index (χ0v) is 11.8. The summed E-state index contributed by atoms with van der Waals surface area (Å²) in [5, 5.41) is 3.16. The van der Waals surface area contributed by atoms with Crippen molar-refractivity contribution in [1.82, 2.24) is 5.32 Å². The van der Waals surface area contributed by atoms with Gasteiger partial charge in [-0.3, -0.25) is 0 Å². The Kier molecular flexibility index (Phi) is 6.51. The van der Waals surface area contributed by atoms with Crippen molar-refractivity contribution in [2.24, 2.45) is 0 Å². The summed E-state index contributed by atoms with van der Waals surface area (Å²) in [5.41, 5.74) is -3.22. The number of hydrogen-bond acceptors (Lipinski definition) is 3. The Balaban J connectivity index is 2.58. The van der Waals surface area contributed by atoms with Gasteiger partial charge < -0.3 is 10.1 Å². The van der Waals surface area contributed by atoms with Crippen LogP contribution in [0.2, 0.25) is 0 Å². The molecule has 0 heterocycles. The number of hydrogen-bond donors (Lipinski definition) is 1. The lowest BCUT2D eigenvalue weighted by Gasteiger charge is -2.18. The maximum Gasteiger partial charge on any atom is 0.441 e. The summed E-state index contributed by atoms with van der Waals surface area (Å²) in [5.74, 6) is 0.542. The van der Waals surface area contributed by atoms with E-state index in [4.69, 9.17) is 4.74 Å². The number of thioether (sulfide) groups is 1. The first-order chi connectivity index (χ1) is 8.98. The van der Waals surface area contributed by atoms with Gasteiger partial charge in [-0.2, -0.15) is 13.2 Å². The van der Waals surface area contributed by atoms with E-state index in [1.807, 2.05) is 32.2 Å². The van der Waals surface area contributed by atoms with Crippen LogP contribution < -0.4 is 10.1 Å². The molecule has 1 aromatic carbocycles. The molecule has 1 aromatic rings. The molecule has 0 aliphatic carbocycles. The lowest BCUT2D eigenvalue weighted by molar-refractivity contribution is -0.0329. The van der Waals surface area contributed by atoms with Crippen molar-refractivity contribution >= 4 is 11.8 Å². The van der Waals surface area contributed by atoms with Gasteiger partial charge in [0.25, 0.3) is 0 Å². The van der Waals surface area contributed by atoms with Gasteiger partial charge in [0.15, 0.2) is 0 Å². The van der Waals surface area contributed by atoms with Crippen LogP contribution >= 0.6 is 11.8 Å². The van der Waals surface area contributed by atoms with Gasteiger partial charge in [-0.1, -0.05) is 25.1 Å². The molecule has 0 saturated carbocycles. The third kappa shape index (κ3) is 5.74. The molecular weight excluding hydrogens is 275 g/mol. The zero-order chi connectivity index (χ0) is 14.3. The Morgan fingerprint density at radius 3 is 2.58 bits per heavy atom. The van der Waals surface area contributed by atoms with E-state index >= 15 is 0 Å². The summed E-state index contributed by atoms with van der Waals surface area (Å²) in [4.78, 5) is 0. The molecule has 0 aliphatic heterocycles. The maximum atomic E-state index is 12.0. The number of para-hydroxylation sites is 1. The Morgan fingerprint density at radius 2 is 2.00 bits per heavy atom. The molecule has 0 aromatic heterocycles. The van der Waals surface area contributed by atoms with Crippen LogP contribution in [0.4, 0.5) is 13.2 Å². The van der Waals surface area contributed by atoms with Crippen molar-refractivity contribution in [3.05, 3.63) is 29.8 Å². The highest BCUT2D eigenvalue weighted by Crippen LogP contribution is 2.31. The second-order valence-corrected chi connectivity index (χ2v) is 5.09. The highest BCUT2D eigenvalue weighted by Gasteiger charge is 2.27. The highest BCUT2D eigenvalue weighted by atomic mass is 32.2. The van der Waals surface area contributed by atoms with E-state index in [-0.39, 0.29) is 30.2 Å². The van der Waals surface area contributed by atoms with Gasteiger partial charge in [-0.05, 0) is 31.3 Å². The van der Waals surface area contributed by atoms with Crippen molar-refractivity contribution in [2.75, 3.05) is 19.4 Å². The predicted octanol–water partition coefficient (Wildman–Crippen LogP) is 3.99. The van der Waals surface area contributed by atoms with Gasteiger partial charge >= 0.3 is 5.51 Å². The fourth-order valence-electron chi connectivity index (χ4n) is 1.79. The average molecular weight is 293 g/mol. The molecule has 1 N–H and O–H groups in total. The van der Waals surface area contributed by atoms with Crippen molar-refractivity contribution in [3.8, 4) is 5.75 Å². The first-order valence-electron chi connectivity index (χ1n) is 6.07. The minimum absolute atomic E-state index is 0.0430. The standard InChI is InChI=1S/C13H18F3NOS/c1-3-11(17-2)10-6-4-5-7-12(10)18-8-9-19-13(14,15)16/h4-7,11,17H,3,8-9H2,1-2H3. The van der Waals surface area contributed by atoms with Crippen molar-refractivity contribution in [1.29, 1.82) is 0 Å². The lowest BCUT2D eigenvalue weighted by Crippen LogP contribution is -2.17. The normalized spacial score (nSPS) is 13.3. The van der Waals surface area contributed by atoms with Gasteiger partial charge in [0, 0.05) is 17.4 Å². The Hall–Kier alpha value is -0.880. The predicted molar refractivity (Wildman–Crippen MR) is 72.5 cm³/mol. The summed E-state index contributed by atoms with van der Waals surface area (Å²) in [6.45, 7) is 2.08. The van der Waals surface area contributed by atoms with Crippen LogP contribution in [0, 0.1) is 0 Å². The molecule has 0 radical (unpaired) electrons. The van der Waals surface area contributed by atoms with Crippen LogP contribution in [0.5, 0.6) is 5.75 Å². The minimum Gasteiger partial charge on any atom is -0.492 e. The van der Waals surface area contributed by atoms with Crippen LogP contribution in [0.1, 0.15) is 24.9 Å². The van der Waals surface area contributed by atoms with Crippen LogP contribution in [0.25, 0.3) is 0 Å². The number of ether oxygens (including phenoxy) is 1. The third-order valence-electron chi connectivity index (χ3n) is 2.66. The van der Waals surface area contributed by atoms with Crippen LogP contribution in [-0.4, -0.2) is 24.9 Å². The van der Waals surface area contributed by atoms with E-state index in [0.29, 0.717) is 5.75 Å². The van der Waals surface area contributed by atoms with Crippen molar-refractivity contribution in [3.63, 3.8) is 0 Å². The maximum absolute atomic E-state index is 12.0. The largest absolute Gasteiger partial charge is 0.492 e. The van der Waals surface area contributed by atoms with Gasteiger partial charge in [0.2, 0.25) is 0 Å². The van der Waals surface area contributed by atoms with Crippen LogP contribution in [0.3, 0.4) is 0 Å². The number of alkyl halides is 3. The molecule has 6 heteroatoms. The molecule has 19 heavy (non-hydrogen) atoms. The van der Waals surface area contributed by atoms with Crippen molar-refractivity contribution < 1.29 is 17.9 Å². The Labute approximate surface area is 115 Å².